The summed E-state index contributed by atoms with van der Waals surface area (Å²) in [6, 6.07) is 2.15. The fourth-order valence-electron chi connectivity index (χ4n) is 1.41. The van der Waals surface area contributed by atoms with E-state index >= 15 is 0 Å². The molecule has 0 atom stereocenters. The average molecular weight is 277 g/mol. The van der Waals surface area contributed by atoms with Crippen molar-refractivity contribution in [2.24, 2.45) is 0 Å². The van der Waals surface area contributed by atoms with E-state index in [0.717, 1.165) is 17.4 Å². The van der Waals surface area contributed by atoms with Crippen LogP contribution in [0.5, 0.6) is 0 Å². The van der Waals surface area contributed by atoms with Crippen molar-refractivity contribution in [1.29, 1.82) is 0 Å². The quantitative estimate of drug-likeness (QED) is 0.853. The molecule has 1 N–H and O–H groups in total. The van der Waals surface area contributed by atoms with E-state index in [1.54, 1.807) is 0 Å². The lowest BCUT2D eigenvalue weighted by Crippen LogP contribution is -2.05. The molecule has 96 valence electrons. The van der Waals surface area contributed by atoms with Crippen LogP contribution >= 0.6 is 11.3 Å². The lowest BCUT2D eigenvalue weighted by Gasteiger charge is -2.08. The number of benzene rings is 1. The van der Waals surface area contributed by atoms with Crippen molar-refractivity contribution in [1.82, 2.24) is 4.98 Å². The Morgan fingerprint density at radius 3 is 2.56 bits per heavy atom. The highest BCUT2D eigenvalue weighted by molar-refractivity contribution is 7.09. The number of hydrogen-bond donors (Lipinski definition) is 1. The molecule has 1 aromatic carbocycles. The molecule has 0 aliphatic carbocycles. The van der Waals surface area contributed by atoms with Gasteiger partial charge in [-0.3, -0.25) is 0 Å². The van der Waals surface area contributed by atoms with Gasteiger partial charge in [0, 0.05) is 10.9 Å². The fourth-order valence-corrected chi connectivity index (χ4v) is 2.06. The van der Waals surface area contributed by atoms with Crippen LogP contribution in [0.1, 0.15) is 10.6 Å². The van der Waals surface area contributed by atoms with Crippen molar-refractivity contribution in [3.8, 4) is 11.3 Å². The van der Waals surface area contributed by atoms with Gasteiger partial charge in [0.05, 0.1) is 17.9 Å². The van der Waals surface area contributed by atoms with E-state index in [-0.39, 0.29) is 17.9 Å². The SMILES string of the molecule is OCc1nc(-c2cc(C(F)(F)F)ccc2F)cs1. The molecule has 2 rings (SSSR count). The van der Waals surface area contributed by atoms with E-state index in [4.69, 9.17) is 5.11 Å². The molecule has 2 aromatic rings. The molecule has 0 aliphatic rings. The molecule has 1 heterocycles. The smallest absolute Gasteiger partial charge is 0.389 e. The van der Waals surface area contributed by atoms with Gasteiger partial charge in [0.25, 0.3) is 0 Å². The van der Waals surface area contributed by atoms with Crippen molar-refractivity contribution in [3.63, 3.8) is 0 Å². The Hall–Kier alpha value is -1.47. The second-order valence-electron chi connectivity index (χ2n) is 3.48. The van der Waals surface area contributed by atoms with Crippen molar-refractivity contribution in [3.05, 3.63) is 40.0 Å². The standard InChI is InChI=1S/C11H7F4NOS/c12-8-2-1-6(11(13,14)15)3-7(8)9-5-18-10(4-17)16-9/h1-3,5,17H,4H2. The lowest BCUT2D eigenvalue weighted by molar-refractivity contribution is -0.137. The van der Waals surface area contributed by atoms with Crippen LogP contribution in [-0.2, 0) is 12.8 Å². The van der Waals surface area contributed by atoms with Gasteiger partial charge in [0.1, 0.15) is 10.8 Å². The number of alkyl halides is 3. The van der Waals surface area contributed by atoms with E-state index in [1.165, 1.54) is 5.38 Å². The first kappa shape index (κ1) is 13.0. The molecule has 0 amide bonds. The minimum Gasteiger partial charge on any atom is -0.389 e. The van der Waals surface area contributed by atoms with Crippen LogP contribution in [0, 0.1) is 5.82 Å². The van der Waals surface area contributed by atoms with Gasteiger partial charge in [0.2, 0.25) is 0 Å². The summed E-state index contributed by atoms with van der Waals surface area (Å²) in [5, 5.41) is 10.6. The summed E-state index contributed by atoms with van der Waals surface area (Å²) in [5.74, 6) is -0.780. The summed E-state index contributed by atoms with van der Waals surface area (Å²) in [6.07, 6.45) is -4.53. The predicted octanol–water partition coefficient (Wildman–Crippen LogP) is 3.46. The Bertz CT molecular complexity index is 564. The summed E-state index contributed by atoms with van der Waals surface area (Å²) in [5.41, 5.74) is -1.06. The molecular formula is C11H7F4NOS. The molecule has 18 heavy (non-hydrogen) atoms. The highest BCUT2D eigenvalue weighted by Crippen LogP contribution is 2.33. The molecular weight excluding hydrogens is 270 g/mol. The largest absolute Gasteiger partial charge is 0.416 e. The van der Waals surface area contributed by atoms with Crippen LogP contribution in [0.4, 0.5) is 17.6 Å². The van der Waals surface area contributed by atoms with Crippen molar-refractivity contribution >= 4 is 11.3 Å². The summed E-state index contributed by atoms with van der Waals surface area (Å²) < 4.78 is 51.0. The minimum absolute atomic E-state index is 0.0904. The van der Waals surface area contributed by atoms with Gasteiger partial charge in [-0.05, 0) is 18.2 Å². The van der Waals surface area contributed by atoms with E-state index in [0.29, 0.717) is 17.1 Å². The van der Waals surface area contributed by atoms with E-state index in [1.807, 2.05) is 0 Å². The topological polar surface area (TPSA) is 33.1 Å². The number of thiazole rings is 1. The van der Waals surface area contributed by atoms with Crippen LogP contribution in [0.15, 0.2) is 23.6 Å². The number of halogens is 4. The maximum atomic E-state index is 13.5. The molecule has 0 saturated carbocycles. The zero-order chi connectivity index (χ0) is 13.3. The second kappa shape index (κ2) is 4.66. The molecule has 0 aliphatic heterocycles. The second-order valence-corrected chi connectivity index (χ2v) is 4.42. The van der Waals surface area contributed by atoms with E-state index in [2.05, 4.69) is 4.98 Å². The molecule has 0 spiro atoms. The van der Waals surface area contributed by atoms with Crippen LogP contribution in [0.25, 0.3) is 11.3 Å². The van der Waals surface area contributed by atoms with E-state index in [9.17, 15) is 17.6 Å². The Kier molecular flexibility index (Phi) is 3.36. The maximum absolute atomic E-state index is 13.5. The van der Waals surface area contributed by atoms with Crippen LogP contribution < -0.4 is 0 Å². The van der Waals surface area contributed by atoms with Crippen LogP contribution in [0.2, 0.25) is 0 Å². The average Bonchev–Trinajstić information content (AvgIpc) is 2.76. The molecule has 1 aromatic heterocycles. The van der Waals surface area contributed by atoms with Gasteiger partial charge in [0.15, 0.2) is 0 Å². The summed E-state index contributed by atoms with van der Waals surface area (Å²) in [7, 11) is 0. The third kappa shape index (κ3) is 2.51. The number of aliphatic hydroxyl groups is 1. The van der Waals surface area contributed by atoms with Crippen LogP contribution in [0.3, 0.4) is 0 Å². The van der Waals surface area contributed by atoms with Crippen LogP contribution in [-0.4, -0.2) is 10.1 Å². The van der Waals surface area contributed by atoms with Crippen molar-refractivity contribution in [2.75, 3.05) is 0 Å². The first-order valence-corrected chi connectivity index (χ1v) is 5.72. The summed E-state index contributed by atoms with van der Waals surface area (Å²) in [6.45, 7) is -0.328. The first-order chi connectivity index (χ1) is 8.41. The highest BCUT2D eigenvalue weighted by Gasteiger charge is 2.31. The minimum atomic E-state index is -4.53. The zero-order valence-corrected chi connectivity index (χ0v) is 9.65. The number of hydrogen-bond acceptors (Lipinski definition) is 3. The number of aliphatic hydroxyl groups excluding tert-OH is 1. The third-order valence-electron chi connectivity index (χ3n) is 2.26. The number of aromatic nitrogens is 1. The Morgan fingerprint density at radius 2 is 2.00 bits per heavy atom. The predicted molar refractivity (Wildman–Crippen MR) is 58.4 cm³/mol. The summed E-state index contributed by atoms with van der Waals surface area (Å²) in [4.78, 5) is 3.84. The van der Waals surface area contributed by atoms with Gasteiger partial charge in [-0.25, -0.2) is 9.37 Å². The molecule has 0 bridgehead atoms. The van der Waals surface area contributed by atoms with Gasteiger partial charge in [-0.15, -0.1) is 11.3 Å². The lowest BCUT2D eigenvalue weighted by atomic mass is 10.1. The highest BCUT2D eigenvalue weighted by atomic mass is 32.1. The van der Waals surface area contributed by atoms with Gasteiger partial charge < -0.3 is 5.11 Å². The van der Waals surface area contributed by atoms with Gasteiger partial charge >= 0.3 is 6.18 Å². The van der Waals surface area contributed by atoms with Gasteiger partial charge in [-0.1, -0.05) is 0 Å². The Balaban J connectivity index is 2.49. The molecule has 7 heteroatoms. The monoisotopic (exact) mass is 277 g/mol. The molecule has 0 radical (unpaired) electrons. The zero-order valence-electron chi connectivity index (χ0n) is 8.83. The first-order valence-electron chi connectivity index (χ1n) is 4.84. The maximum Gasteiger partial charge on any atom is 0.416 e. The third-order valence-corrected chi connectivity index (χ3v) is 3.09. The fraction of sp³-hybridized carbons (Fsp3) is 0.182. The van der Waals surface area contributed by atoms with Crippen molar-refractivity contribution in [2.45, 2.75) is 12.8 Å². The normalized spacial score (nSPS) is 11.8. The molecule has 0 fully saturated rings. The van der Waals surface area contributed by atoms with Gasteiger partial charge in [-0.2, -0.15) is 13.2 Å². The molecule has 0 saturated heterocycles. The number of rotatable bonds is 2. The Morgan fingerprint density at radius 1 is 1.28 bits per heavy atom. The van der Waals surface area contributed by atoms with Crippen molar-refractivity contribution < 1.29 is 22.7 Å². The molecule has 0 unspecified atom stereocenters. The Labute approximate surface area is 104 Å². The van der Waals surface area contributed by atoms with E-state index < -0.39 is 17.6 Å². The summed E-state index contributed by atoms with van der Waals surface area (Å²) >= 11 is 1.06. The molecule has 2 nitrogen and oxygen atoms in total. The number of nitrogens with zero attached hydrogens (tertiary/aromatic N) is 1.